The van der Waals surface area contributed by atoms with Crippen molar-refractivity contribution < 1.29 is 18.3 Å². The Labute approximate surface area is 85.5 Å². The van der Waals surface area contributed by atoms with E-state index in [0.717, 1.165) is 6.07 Å². The zero-order valence-electron chi connectivity index (χ0n) is 7.96. The molecule has 2 nitrogen and oxygen atoms in total. The van der Waals surface area contributed by atoms with Crippen LogP contribution in [0.2, 0.25) is 0 Å². The van der Waals surface area contributed by atoms with E-state index in [2.05, 4.69) is 0 Å². The van der Waals surface area contributed by atoms with Gasteiger partial charge in [0.2, 0.25) is 0 Å². The molecule has 0 heterocycles. The van der Waals surface area contributed by atoms with Crippen LogP contribution in [0.1, 0.15) is 11.1 Å². The van der Waals surface area contributed by atoms with Gasteiger partial charge in [-0.1, -0.05) is 18.2 Å². The molecule has 0 aliphatic rings. The molecule has 0 fully saturated rings. The quantitative estimate of drug-likeness (QED) is 0.810. The highest BCUT2D eigenvalue weighted by Crippen LogP contribution is 2.32. The summed E-state index contributed by atoms with van der Waals surface area (Å²) >= 11 is 0. The summed E-state index contributed by atoms with van der Waals surface area (Å²) in [6, 6.07) is 4.58. The molecular formula is C10H12F3NO. The Bertz CT molecular complexity index is 325. The molecule has 1 atom stereocenters. The van der Waals surface area contributed by atoms with Gasteiger partial charge in [-0.25, -0.2) is 0 Å². The molecule has 1 rings (SSSR count). The molecule has 0 amide bonds. The average molecular weight is 219 g/mol. The van der Waals surface area contributed by atoms with E-state index in [1.165, 1.54) is 18.2 Å². The van der Waals surface area contributed by atoms with Gasteiger partial charge in [-0.15, -0.1) is 0 Å². The minimum absolute atomic E-state index is 0.0200. The number of alkyl halides is 3. The summed E-state index contributed by atoms with van der Waals surface area (Å²) in [6.07, 6.45) is -4.35. The van der Waals surface area contributed by atoms with Gasteiger partial charge >= 0.3 is 6.18 Å². The standard InChI is InChI=1S/C10H12F3NO/c11-10(12,13)9-4-2-1-3-7(9)5-8(14)6-15/h1-4,8,15H,5-6,14H2/t8-/m0/s1. The summed E-state index contributed by atoms with van der Waals surface area (Å²) < 4.78 is 37.5. The number of aliphatic hydroxyl groups excluding tert-OH is 1. The third kappa shape index (κ3) is 3.21. The Morgan fingerprint density at radius 1 is 1.27 bits per heavy atom. The predicted octanol–water partition coefficient (Wildman–Crippen LogP) is 1.57. The van der Waals surface area contributed by atoms with Crippen molar-refractivity contribution in [2.75, 3.05) is 6.61 Å². The number of hydrogen-bond donors (Lipinski definition) is 2. The van der Waals surface area contributed by atoms with Gasteiger partial charge in [0, 0.05) is 6.04 Å². The van der Waals surface area contributed by atoms with E-state index in [9.17, 15) is 13.2 Å². The normalized spacial score (nSPS) is 13.9. The fourth-order valence-corrected chi connectivity index (χ4v) is 1.32. The summed E-state index contributed by atoms with van der Waals surface area (Å²) in [7, 11) is 0. The van der Waals surface area contributed by atoms with Gasteiger partial charge in [-0.2, -0.15) is 13.2 Å². The molecule has 0 saturated heterocycles. The largest absolute Gasteiger partial charge is 0.416 e. The lowest BCUT2D eigenvalue weighted by Crippen LogP contribution is -2.28. The van der Waals surface area contributed by atoms with Crippen LogP contribution in [0.25, 0.3) is 0 Å². The van der Waals surface area contributed by atoms with Crippen LogP contribution in [-0.4, -0.2) is 17.8 Å². The lowest BCUT2D eigenvalue weighted by molar-refractivity contribution is -0.138. The van der Waals surface area contributed by atoms with Crippen LogP contribution < -0.4 is 5.73 Å². The highest BCUT2D eigenvalue weighted by molar-refractivity contribution is 5.30. The van der Waals surface area contributed by atoms with Crippen molar-refractivity contribution in [3.8, 4) is 0 Å². The second-order valence-corrected chi connectivity index (χ2v) is 3.30. The fourth-order valence-electron chi connectivity index (χ4n) is 1.32. The van der Waals surface area contributed by atoms with Gasteiger partial charge in [0.05, 0.1) is 12.2 Å². The van der Waals surface area contributed by atoms with Gasteiger partial charge in [0.1, 0.15) is 0 Å². The molecular weight excluding hydrogens is 207 g/mol. The topological polar surface area (TPSA) is 46.2 Å². The fraction of sp³-hybridized carbons (Fsp3) is 0.400. The molecule has 0 spiro atoms. The van der Waals surface area contributed by atoms with Crippen molar-refractivity contribution >= 4 is 0 Å². The number of rotatable bonds is 3. The Morgan fingerprint density at radius 2 is 1.87 bits per heavy atom. The first kappa shape index (κ1) is 12.0. The number of halogens is 3. The predicted molar refractivity (Wildman–Crippen MR) is 50.2 cm³/mol. The van der Waals surface area contributed by atoms with E-state index >= 15 is 0 Å². The molecule has 0 unspecified atom stereocenters. The molecule has 3 N–H and O–H groups in total. The molecule has 0 aromatic heterocycles. The van der Waals surface area contributed by atoms with E-state index in [1.807, 2.05) is 0 Å². The minimum atomic E-state index is -4.37. The number of nitrogens with two attached hydrogens (primary N) is 1. The number of benzene rings is 1. The van der Waals surface area contributed by atoms with Crippen LogP contribution in [0.4, 0.5) is 13.2 Å². The summed E-state index contributed by atoms with van der Waals surface area (Å²) in [4.78, 5) is 0. The zero-order chi connectivity index (χ0) is 11.5. The average Bonchev–Trinajstić information content (AvgIpc) is 2.17. The highest BCUT2D eigenvalue weighted by Gasteiger charge is 2.32. The molecule has 1 aromatic carbocycles. The summed E-state index contributed by atoms with van der Waals surface area (Å²) in [6.45, 7) is -0.327. The van der Waals surface area contributed by atoms with Crippen LogP contribution in [0.3, 0.4) is 0 Å². The molecule has 5 heteroatoms. The molecule has 0 aliphatic carbocycles. The minimum Gasteiger partial charge on any atom is -0.395 e. The van der Waals surface area contributed by atoms with Crippen LogP contribution in [0.5, 0.6) is 0 Å². The molecule has 0 aliphatic heterocycles. The van der Waals surface area contributed by atoms with E-state index < -0.39 is 17.8 Å². The summed E-state index contributed by atoms with van der Waals surface area (Å²) in [5.74, 6) is 0. The highest BCUT2D eigenvalue weighted by atomic mass is 19.4. The van der Waals surface area contributed by atoms with Gasteiger partial charge < -0.3 is 10.8 Å². The second kappa shape index (κ2) is 4.63. The SMILES string of the molecule is N[C@H](CO)Cc1ccccc1C(F)(F)F. The maximum atomic E-state index is 12.5. The van der Waals surface area contributed by atoms with Gasteiger partial charge in [0.15, 0.2) is 0 Å². The van der Waals surface area contributed by atoms with Crippen molar-refractivity contribution in [1.82, 2.24) is 0 Å². The van der Waals surface area contributed by atoms with Gasteiger partial charge in [-0.3, -0.25) is 0 Å². The van der Waals surface area contributed by atoms with Crippen molar-refractivity contribution in [1.29, 1.82) is 0 Å². The molecule has 0 bridgehead atoms. The van der Waals surface area contributed by atoms with Crippen molar-refractivity contribution in [2.45, 2.75) is 18.6 Å². The molecule has 15 heavy (non-hydrogen) atoms. The number of aliphatic hydroxyl groups is 1. The third-order valence-electron chi connectivity index (χ3n) is 2.04. The lowest BCUT2D eigenvalue weighted by atomic mass is 10.0. The third-order valence-corrected chi connectivity index (χ3v) is 2.04. The molecule has 1 aromatic rings. The van der Waals surface area contributed by atoms with E-state index in [1.54, 1.807) is 0 Å². The second-order valence-electron chi connectivity index (χ2n) is 3.30. The lowest BCUT2D eigenvalue weighted by Gasteiger charge is -2.14. The van der Waals surface area contributed by atoms with Crippen LogP contribution in [0, 0.1) is 0 Å². The Hall–Kier alpha value is -1.07. The summed E-state index contributed by atoms with van der Waals surface area (Å²) in [5.41, 5.74) is 4.83. The molecule has 0 saturated carbocycles. The first-order chi connectivity index (χ1) is 6.95. The van der Waals surface area contributed by atoms with Gasteiger partial charge in [-0.05, 0) is 18.1 Å². The first-order valence-electron chi connectivity index (χ1n) is 4.46. The van der Waals surface area contributed by atoms with E-state index in [0.29, 0.717) is 0 Å². The van der Waals surface area contributed by atoms with E-state index in [-0.39, 0.29) is 18.6 Å². The zero-order valence-corrected chi connectivity index (χ0v) is 7.96. The first-order valence-corrected chi connectivity index (χ1v) is 4.46. The van der Waals surface area contributed by atoms with Gasteiger partial charge in [0.25, 0.3) is 0 Å². The van der Waals surface area contributed by atoms with Crippen molar-refractivity contribution in [3.63, 3.8) is 0 Å². The molecule has 0 radical (unpaired) electrons. The van der Waals surface area contributed by atoms with Crippen molar-refractivity contribution in [2.24, 2.45) is 5.73 Å². The van der Waals surface area contributed by atoms with Crippen LogP contribution in [-0.2, 0) is 12.6 Å². The molecule has 84 valence electrons. The smallest absolute Gasteiger partial charge is 0.395 e. The number of hydrogen-bond acceptors (Lipinski definition) is 2. The van der Waals surface area contributed by atoms with E-state index in [4.69, 9.17) is 10.8 Å². The maximum Gasteiger partial charge on any atom is 0.416 e. The Morgan fingerprint density at radius 3 is 2.40 bits per heavy atom. The van der Waals surface area contributed by atoms with Crippen LogP contribution >= 0.6 is 0 Å². The van der Waals surface area contributed by atoms with Crippen molar-refractivity contribution in [3.05, 3.63) is 35.4 Å². The summed E-state index contributed by atoms with van der Waals surface area (Å²) in [5, 5.41) is 8.68. The monoisotopic (exact) mass is 219 g/mol. The Kier molecular flexibility index (Phi) is 3.71. The Balaban J connectivity index is 2.97. The van der Waals surface area contributed by atoms with Crippen LogP contribution in [0.15, 0.2) is 24.3 Å². The maximum absolute atomic E-state index is 12.5.